The van der Waals surface area contributed by atoms with Gasteiger partial charge in [0, 0.05) is 29.5 Å². The largest absolute Gasteiger partial charge is 0.390 e. The van der Waals surface area contributed by atoms with E-state index in [0.717, 1.165) is 28.1 Å². The summed E-state index contributed by atoms with van der Waals surface area (Å²) in [7, 11) is 1.89. The number of fused-ring (bicyclic) bond motifs is 7. The highest BCUT2D eigenvalue weighted by molar-refractivity contribution is 7.10. The van der Waals surface area contributed by atoms with E-state index in [9.17, 15) is 19.8 Å². The van der Waals surface area contributed by atoms with Crippen LogP contribution in [0.25, 0.3) is 0 Å². The van der Waals surface area contributed by atoms with E-state index in [2.05, 4.69) is 22.8 Å². The average Bonchev–Trinajstić information content (AvgIpc) is 3.67. The van der Waals surface area contributed by atoms with Crippen LogP contribution >= 0.6 is 11.3 Å². The summed E-state index contributed by atoms with van der Waals surface area (Å²) in [6.07, 6.45) is 3.71. The number of rotatable bonds is 6. The number of Topliss-reactive ketones (excluding diaryl/α,β-unsaturated/α-hetero) is 1. The third-order valence-electron chi connectivity index (χ3n) is 11.5. The van der Waals surface area contributed by atoms with Gasteiger partial charge in [-0.25, -0.2) is 4.39 Å². The van der Waals surface area contributed by atoms with Gasteiger partial charge in [-0.15, -0.1) is 11.3 Å². The van der Waals surface area contributed by atoms with Gasteiger partial charge >= 0.3 is 0 Å². The molecule has 1 saturated heterocycles. The Morgan fingerprint density at radius 1 is 1.21 bits per heavy atom. The first-order chi connectivity index (χ1) is 20.5. The van der Waals surface area contributed by atoms with Crippen molar-refractivity contribution in [2.75, 3.05) is 19.0 Å². The van der Waals surface area contributed by atoms with Crippen molar-refractivity contribution in [2.45, 2.75) is 75.7 Å². The number of allylic oxidation sites excluding steroid dienone is 4. The predicted molar refractivity (Wildman–Crippen MR) is 160 cm³/mol. The first-order valence-corrected chi connectivity index (χ1v) is 16.0. The molecule has 1 aromatic heterocycles. The number of nitrogens with one attached hydrogen (secondary N) is 1. The van der Waals surface area contributed by atoms with Gasteiger partial charge in [0.2, 0.25) is 0 Å². The Labute approximate surface area is 254 Å². The number of ketones is 2. The van der Waals surface area contributed by atoms with Crippen molar-refractivity contribution in [3.63, 3.8) is 0 Å². The van der Waals surface area contributed by atoms with Crippen LogP contribution in [0.3, 0.4) is 0 Å². The molecule has 5 aliphatic rings. The second-order valence-electron chi connectivity index (χ2n) is 13.4. The zero-order valence-corrected chi connectivity index (χ0v) is 25.5. The van der Waals surface area contributed by atoms with Gasteiger partial charge in [0.05, 0.1) is 17.1 Å². The number of hydrogen-bond acceptors (Lipinski definition) is 8. The Hall–Kier alpha value is -2.69. The molecule has 43 heavy (non-hydrogen) atoms. The molecule has 1 aliphatic heterocycles. The normalized spacial score (nSPS) is 41.2. The highest BCUT2D eigenvalue weighted by Crippen LogP contribution is 2.72. The van der Waals surface area contributed by atoms with Crippen molar-refractivity contribution < 1.29 is 33.7 Å². The molecule has 0 amide bonds. The van der Waals surface area contributed by atoms with Crippen LogP contribution in [0, 0.1) is 22.7 Å². The minimum absolute atomic E-state index is 0.0227. The number of anilines is 1. The van der Waals surface area contributed by atoms with Crippen molar-refractivity contribution in [3.05, 3.63) is 75.5 Å². The second-order valence-corrected chi connectivity index (χ2v) is 14.3. The number of aliphatic hydroxyl groups is 2. The van der Waals surface area contributed by atoms with Gasteiger partial charge in [-0.3, -0.25) is 9.59 Å². The molecule has 0 unspecified atom stereocenters. The first-order valence-electron chi connectivity index (χ1n) is 15.1. The molecule has 3 N–H and O–H groups in total. The molecule has 7 rings (SSSR count). The van der Waals surface area contributed by atoms with Crippen molar-refractivity contribution in [1.29, 1.82) is 0 Å². The maximum Gasteiger partial charge on any atom is 0.194 e. The Morgan fingerprint density at radius 2 is 2.02 bits per heavy atom. The number of carbonyl (C=O) groups is 2. The maximum atomic E-state index is 17.5. The fourth-order valence-electron chi connectivity index (χ4n) is 9.38. The van der Waals surface area contributed by atoms with Gasteiger partial charge < -0.3 is 25.0 Å². The molecule has 4 fully saturated rings. The molecule has 2 heterocycles. The van der Waals surface area contributed by atoms with E-state index in [-0.39, 0.29) is 18.1 Å². The van der Waals surface area contributed by atoms with E-state index in [4.69, 9.17) is 9.47 Å². The van der Waals surface area contributed by atoms with E-state index in [1.165, 1.54) is 23.5 Å². The summed E-state index contributed by atoms with van der Waals surface area (Å²) < 4.78 is 30.7. The zero-order valence-electron chi connectivity index (χ0n) is 24.6. The van der Waals surface area contributed by atoms with E-state index in [0.29, 0.717) is 24.8 Å². The van der Waals surface area contributed by atoms with E-state index in [1.807, 2.05) is 32.2 Å². The lowest BCUT2D eigenvalue weighted by Crippen LogP contribution is -2.69. The molecule has 3 saturated carbocycles. The molecule has 0 spiro atoms. The minimum Gasteiger partial charge on any atom is -0.390 e. The van der Waals surface area contributed by atoms with Crippen molar-refractivity contribution >= 4 is 28.6 Å². The lowest BCUT2D eigenvalue weighted by atomic mass is 9.44. The van der Waals surface area contributed by atoms with Crippen LogP contribution in [0.4, 0.5) is 10.1 Å². The van der Waals surface area contributed by atoms with Crippen molar-refractivity contribution in [2.24, 2.45) is 22.7 Å². The molecular weight excluding hydrogens is 569 g/mol. The van der Waals surface area contributed by atoms with Crippen LogP contribution in [0.5, 0.6) is 0 Å². The number of halogens is 1. The highest BCUT2D eigenvalue weighted by Gasteiger charge is 2.79. The quantitative estimate of drug-likeness (QED) is 0.421. The topological polar surface area (TPSA) is 105 Å². The molecule has 9 atom stereocenters. The van der Waals surface area contributed by atoms with Crippen LogP contribution in [-0.2, 0) is 25.5 Å². The highest BCUT2D eigenvalue weighted by atomic mass is 32.1. The lowest BCUT2D eigenvalue weighted by Gasteiger charge is -2.62. The monoisotopic (exact) mass is 607 g/mol. The third-order valence-corrected chi connectivity index (χ3v) is 12.5. The standard InChI is InChI=1S/C34H38FNO6S/c1-31-10-9-23(38)14-21(31)7-8-24-25-15-29-34(28(40)17-37,32(25,2)16-27(39)33(24,31)35)42-30(41-29)26-13-20(18-43-26)11-19-5-4-6-22(12-19)36-3/h4-6,9-10,12-14,18,24-25,27,29-30,36-37,39H,7-8,11,15-17H2,1-3H3/t24-,25-,27-,29+,30+,31-,32-,33-,34+/m0/s1. The number of carbonyl (C=O) groups excluding carboxylic acids is 2. The fourth-order valence-corrected chi connectivity index (χ4v) is 10.3. The average molecular weight is 608 g/mol. The summed E-state index contributed by atoms with van der Waals surface area (Å²) in [6, 6.07) is 10.2. The molecule has 0 bridgehead atoms. The Balaban J connectivity index is 1.20. The molecular formula is C34H38FNO6S. The lowest BCUT2D eigenvalue weighted by molar-refractivity contribution is -0.231. The molecule has 1 aromatic carbocycles. The molecule has 2 aromatic rings. The minimum atomic E-state index is -2.02. The number of alkyl halides is 1. The van der Waals surface area contributed by atoms with Gasteiger partial charge in [0.25, 0.3) is 0 Å². The van der Waals surface area contributed by atoms with E-state index < -0.39 is 58.9 Å². The molecule has 0 radical (unpaired) electrons. The van der Waals surface area contributed by atoms with Crippen molar-refractivity contribution in [3.8, 4) is 0 Å². The summed E-state index contributed by atoms with van der Waals surface area (Å²) in [5.41, 5.74) is -1.63. The van der Waals surface area contributed by atoms with Crippen LogP contribution in [0.1, 0.15) is 61.8 Å². The number of thiophene rings is 1. The number of ether oxygens (including phenoxy) is 2. The molecule has 228 valence electrons. The van der Waals surface area contributed by atoms with Crippen LogP contribution in [-0.4, -0.2) is 58.9 Å². The Bertz CT molecular complexity index is 1550. The summed E-state index contributed by atoms with van der Waals surface area (Å²) >= 11 is 1.50. The van der Waals surface area contributed by atoms with Gasteiger partial charge in [0.1, 0.15) is 6.61 Å². The Kier molecular flexibility index (Phi) is 6.69. The third kappa shape index (κ3) is 3.84. The number of aliphatic hydroxyl groups excluding tert-OH is 2. The van der Waals surface area contributed by atoms with Gasteiger partial charge in [0.15, 0.2) is 29.1 Å². The fraction of sp³-hybridized carbons (Fsp3) is 0.529. The van der Waals surface area contributed by atoms with Crippen molar-refractivity contribution in [1.82, 2.24) is 0 Å². The van der Waals surface area contributed by atoms with Crippen LogP contribution in [0.15, 0.2) is 59.5 Å². The van der Waals surface area contributed by atoms with Crippen LogP contribution < -0.4 is 5.32 Å². The summed E-state index contributed by atoms with van der Waals surface area (Å²) in [4.78, 5) is 26.7. The van der Waals surface area contributed by atoms with Gasteiger partial charge in [-0.2, -0.15) is 0 Å². The van der Waals surface area contributed by atoms with Gasteiger partial charge in [-0.1, -0.05) is 30.7 Å². The van der Waals surface area contributed by atoms with Gasteiger partial charge in [-0.05, 0) is 91.8 Å². The summed E-state index contributed by atoms with van der Waals surface area (Å²) in [5, 5.41) is 27.1. The predicted octanol–water partition coefficient (Wildman–Crippen LogP) is 5.08. The van der Waals surface area contributed by atoms with E-state index in [1.54, 1.807) is 13.0 Å². The first kappa shape index (κ1) is 29.0. The summed E-state index contributed by atoms with van der Waals surface area (Å²) in [6.45, 7) is 2.95. The molecule has 4 aliphatic carbocycles. The Morgan fingerprint density at radius 3 is 2.79 bits per heavy atom. The smallest absolute Gasteiger partial charge is 0.194 e. The zero-order chi connectivity index (χ0) is 30.4. The molecule has 7 nitrogen and oxygen atoms in total. The molecule has 9 heteroatoms. The maximum absolute atomic E-state index is 17.5. The number of benzene rings is 1. The SMILES string of the molecule is CNc1cccc(Cc2csc([C@@H]3O[C@@H]4C[C@H]5[C@@H]6CCC7=CC(=O)C=C[C@]7(C)[C@@]6(F)[C@@H](O)C[C@]5(C)[C@]4(C(=O)CO)O3)c2)c1. The van der Waals surface area contributed by atoms with E-state index >= 15 is 4.39 Å². The number of hydrogen-bond donors (Lipinski definition) is 3. The second kappa shape index (κ2) is 9.91. The summed E-state index contributed by atoms with van der Waals surface area (Å²) in [5.74, 6) is -1.56. The van der Waals surface area contributed by atoms with Crippen LogP contribution in [0.2, 0.25) is 0 Å².